The van der Waals surface area contributed by atoms with Crippen LogP contribution in [0.15, 0.2) is 27.7 Å². The molecule has 0 aliphatic heterocycles. The number of amidine groups is 1. The van der Waals surface area contributed by atoms with Crippen LogP contribution in [0, 0.1) is 18.4 Å². The minimum Gasteiger partial charge on any atom is -0.271 e. The zero-order valence-electron chi connectivity index (χ0n) is 8.41. The fraction of sp³-hybridized carbons (Fsp3) is 0.200. The van der Waals surface area contributed by atoms with Gasteiger partial charge in [-0.15, -0.1) is 0 Å². The van der Waals surface area contributed by atoms with Crippen LogP contribution in [0.1, 0.15) is 5.56 Å². The Bertz CT molecular complexity index is 423. The molecule has 5 heteroatoms. The molecular weight excluding hydrogens is 274 g/mol. The van der Waals surface area contributed by atoms with Gasteiger partial charge in [-0.2, -0.15) is 5.26 Å². The zero-order chi connectivity index (χ0) is 11.3. The predicted molar refractivity (Wildman–Crippen MR) is 68.2 cm³/mol. The molecule has 0 amide bonds. The van der Waals surface area contributed by atoms with Crippen LogP contribution < -0.4 is 5.32 Å². The molecule has 0 heterocycles. The van der Waals surface area contributed by atoms with Crippen molar-refractivity contribution < 1.29 is 0 Å². The van der Waals surface area contributed by atoms with Crippen LogP contribution in [0.25, 0.3) is 0 Å². The summed E-state index contributed by atoms with van der Waals surface area (Å²) in [4.78, 5) is 4.33. The largest absolute Gasteiger partial charge is 0.271 e. The van der Waals surface area contributed by atoms with E-state index in [1.807, 2.05) is 37.6 Å². The Hall–Kier alpha value is -0.990. The second kappa shape index (κ2) is 5.79. The van der Waals surface area contributed by atoms with Gasteiger partial charge < -0.3 is 0 Å². The number of aliphatic imine (C=N–C) groups is 1. The second-order valence-corrected chi connectivity index (χ2v) is 4.46. The summed E-state index contributed by atoms with van der Waals surface area (Å²) in [7, 11) is 0. The summed E-state index contributed by atoms with van der Waals surface area (Å²) in [6.45, 7) is 2.00. The fourth-order valence-corrected chi connectivity index (χ4v) is 1.66. The lowest BCUT2D eigenvalue weighted by Crippen LogP contribution is -2.12. The molecule has 1 rings (SSSR count). The van der Waals surface area contributed by atoms with E-state index in [1.165, 1.54) is 11.8 Å². The summed E-state index contributed by atoms with van der Waals surface area (Å²) in [5.74, 6) is 0. The van der Waals surface area contributed by atoms with Gasteiger partial charge in [-0.3, -0.25) is 5.32 Å². The van der Waals surface area contributed by atoms with Crippen molar-refractivity contribution in [1.82, 2.24) is 5.32 Å². The molecular formula is C10H10BrN3S. The molecule has 0 aromatic heterocycles. The first-order valence-electron chi connectivity index (χ1n) is 4.21. The van der Waals surface area contributed by atoms with Crippen molar-refractivity contribution in [2.75, 3.05) is 6.26 Å². The number of benzene rings is 1. The first kappa shape index (κ1) is 12.1. The molecule has 78 valence electrons. The molecule has 0 spiro atoms. The van der Waals surface area contributed by atoms with Crippen LogP contribution in [0.4, 0.5) is 5.69 Å². The van der Waals surface area contributed by atoms with Gasteiger partial charge in [-0.05, 0) is 46.8 Å². The summed E-state index contributed by atoms with van der Waals surface area (Å²) >= 11 is 4.81. The van der Waals surface area contributed by atoms with Gasteiger partial charge >= 0.3 is 0 Å². The summed E-state index contributed by atoms with van der Waals surface area (Å²) in [5.41, 5.74) is 1.96. The summed E-state index contributed by atoms with van der Waals surface area (Å²) < 4.78 is 0.916. The van der Waals surface area contributed by atoms with E-state index in [0.717, 1.165) is 15.7 Å². The SMILES string of the molecule is CSC(=Nc1cc(C)ccc1Br)NC#N. The maximum Gasteiger partial charge on any atom is 0.183 e. The van der Waals surface area contributed by atoms with Gasteiger partial charge in [0.1, 0.15) is 0 Å². The van der Waals surface area contributed by atoms with Crippen LogP contribution in [0.5, 0.6) is 0 Å². The Kier molecular flexibility index (Phi) is 4.66. The second-order valence-electron chi connectivity index (χ2n) is 2.81. The number of hydrogen-bond donors (Lipinski definition) is 1. The highest BCUT2D eigenvalue weighted by Gasteiger charge is 2.01. The van der Waals surface area contributed by atoms with Gasteiger partial charge in [-0.25, -0.2) is 4.99 Å². The average molecular weight is 284 g/mol. The van der Waals surface area contributed by atoms with Gasteiger partial charge in [0.05, 0.1) is 5.69 Å². The molecule has 0 radical (unpaired) electrons. The molecule has 1 aromatic rings. The van der Waals surface area contributed by atoms with Gasteiger partial charge in [0.2, 0.25) is 0 Å². The van der Waals surface area contributed by atoms with Crippen molar-refractivity contribution in [1.29, 1.82) is 5.26 Å². The van der Waals surface area contributed by atoms with Crippen molar-refractivity contribution in [3.8, 4) is 6.19 Å². The summed E-state index contributed by atoms with van der Waals surface area (Å²) in [5, 5.41) is 11.6. The normalized spacial score (nSPS) is 10.9. The third-order valence-electron chi connectivity index (χ3n) is 1.68. The highest BCUT2D eigenvalue weighted by Crippen LogP contribution is 2.26. The van der Waals surface area contributed by atoms with E-state index in [4.69, 9.17) is 5.26 Å². The number of nitriles is 1. The molecule has 0 atom stereocenters. The molecule has 0 saturated carbocycles. The van der Waals surface area contributed by atoms with Crippen LogP contribution in [0.3, 0.4) is 0 Å². The molecule has 0 saturated heterocycles. The quantitative estimate of drug-likeness (QED) is 0.373. The zero-order valence-corrected chi connectivity index (χ0v) is 10.8. The Morgan fingerprint density at radius 3 is 2.93 bits per heavy atom. The van der Waals surface area contributed by atoms with E-state index in [9.17, 15) is 0 Å². The number of aryl methyl sites for hydroxylation is 1. The van der Waals surface area contributed by atoms with Crippen molar-refractivity contribution >= 4 is 38.5 Å². The molecule has 15 heavy (non-hydrogen) atoms. The Balaban J connectivity index is 3.05. The van der Waals surface area contributed by atoms with E-state index in [0.29, 0.717) is 5.17 Å². The molecule has 1 aromatic carbocycles. The Morgan fingerprint density at radius 2 is 2.33 bits per heavy atom. The minimum absolute atomic E-state index is 0.587. The highest BCUT2D eigenvalue weighted by atomic mass is 79.9. The molecule has 1 N–H and O–H groups in total. The number of thioether (sulfide) groups is 1. The van der Waals surface area contributed by atoms with Crippen molar-refractivity contribution in [2.24, 2.45) is 4.99 Å². The Morgan fingerprint density at radius 1 is 1.60 bits per heavy atom. The van der Waals surface area contributed by atoms with E-state index < -0.39 is 0 Å². The van der Waals surface area contributed by atoms with Gasteiger partial charge in [0.25, 0.3) is 0 Å². The summed E-state index contributed by atoms with van der Waals surface area (Å²) in [6.07, 6.45) is 3.72. The molecule has 0 unspecified atom stereocenters. The smallest absolute Gasteiger partial charge is 0.183 e. The average Bonchev–Trinajstić information content (AvgIpc) is 2.22. The van der Waals surface area contributed by atoms with E-state index in [1.54, 1.807) is 0 Å². The molecule has 0 aliphatic carbocycles. The van der Waals surface area contributed by atoms with E-state index in [2.05, 4.69) is 26.2 Å². The first-order chi connectivity index (χ1) is 7.17. The van der Waals surface area contributed by atoms with Gasteiger partial charge in [0, 0.05) is 4.47 Å². The first-order valence-corrected chi connectivity index (χ1v) is 6.23. The van der Waals surface area contributed by atoms with Crippen LogP contribution in [0.2, 0.25) is 0 Å². The third kappa shape index (κ3) is 3.57. The Labute approximate surface area is 102 Å². The van der Waals surface area contributed by atoms with E-state index in [-0.39, 0.29) is 0 Å². The third-order valence-corrected chi connectivity index (χ3v) is 2.93. The van der Waals surface area contributed by atoms with Crippen LogP contribution >= 0.6 is 27.7 Å². The lowest BCUT2D eigenvalue weighted by atomic mass is 10.2. The topological polar surface area (TPSA) is 48.2 Å². The van der Waals surface area contributed by atoms with Crippen LogP contribution in [-0.2, 0) is 0 Å². The number of nitrogens with one attached hydrogen (secondary N) is 1. The lowest BCUT2D eigenvalue weighted by Gasteiger charge is -2.03. The molecule has 3 nitrogen and oxygen atoms in total. The van der Waals surface area contributed by atoms with Crippen molar-refractivity contribution in [3.63, 3.8) is 0 Å². The molecule has 0 fully saturated rings. The number of rotatable bonds is 1. The highest BCUT2D eigenvalue weighted by molar-refractivity contribution is 9.10. The summed E-state index contributed by atoms with van der Waals surface area (Å²) in [6, 6.07) is 5.90. The standard InChI is InChI=1S/C10H10BrN3S/c1-7-3-4-8(11)9(5-7)14-10(15-2)13-6-12/h3-5H,1-2H3,(H,13,14). The van der Waals surface area contributed by atoms with E-state index >= 15 is 0 Å². The van der Waals surface area contributed by atoms with Gasteiger partial charge in [0.15, 0.2) is 11.4 Å². The number of halogens is 1. The van der Waals surface area contributed by atoms with Crippen molar-refractivity contribution in [2.45, 2.75) is 6.92 Å². The van der Waals surface area contributed by atoms with Crippen LogP contribution in [-0.4, -0.2) is 11.4 Å². The maximum absolute atomic E-state index is 8.50. The molecule has 0 aliphatic rings. The number of hydrogen-bond acceptors (Lipinski definition) is 3. The molecule has 0 bridgehead atoms. The van der Waals surface area contributed by atoms with Crippen molar-refractivity contribution in [3.05, 3.63) is 28.2 Å². The number of nitrogens with zero attached hydrogens (tertiary/aromatic N) is 2. The maximum atomic E-state index is 8.50. The minimum atomic E-state index is 0.587. The predicted octanol–water partition coefficient (Wildman–Crippen LogP) is 3.18. The lowest BCUT2D eigenvalue weighted by molar-refractivity contribution is 1.27. The fourth-order valence-electron chi connectivity index (χ4n) is 0.990. The van der Waals surface area contributed by atoms with Gasteiger partial charge in [-0.1, -0.05) is 17.8 Å². The monoisotopic (exact) mass is 283 g/mol.